The van der Waals surface area contributed by atoms with Crippen molar-refractivity contribution in [2.45, 2.75) is 25.8 Å². The lowest BCUT2D eigenvalue weighted by Gasteiger charge is -2.18. The van der Waals surface area contributed by atoms with Crippen LogP contribution in [0, 0.1) is 6.92 Å². The maximum absolute atomic E-state index is 12.5. The summed E-state index contributed by atoms with van der Waals surface area (Å²) in [5.74, 6) is -0.461. The third-order valence-corrected chi connectivity index (χ3v) is 4.14. The van der Waals surface area contributed by atoms with Crippen LogP contribution in [0.4, 0.5) is 0 Å². The van der Waals surface area contributed by atoms with E-state index in [1.54, 1.807) is 31.2 Å². The Bertz CT molecular complexity index is 877. The molecule has 1 aliphatic rings. The van der Waals surface area contributed by atoms with Gasteiger partial charge in [0.05, 0.1) is 11.4 Å². The fourth-order valence-electron chi connectivity index (χ4n) is 2.72. The van der Waals surface area contributed by atoms with Crippen molar-refractivity contribution in [3.63, 3.8) is 0 Å². The summed E-state index contributed by atoms with van der Waals surface area (Å²) in [7, 11) is 0. The van der Waals surface area contributed by atoms with E-state index in [0.717, 1.165) is 0 Å². The molecule has 2 aromatic rings. The number of allylic oxidation sites excluding steroid dienone is 1. The zero-order valence-corrected chi connectivity index (χ0v) is 14.8. The minimum atomic E-state index is -1.11. The van der Waals surface area contributed by atoms with Gasteiger partial charge in [-0.25, -0.2) is 9.48 Å². The van der Waals surface area contributed by atoms with Gasteiger partial charge in [-0.3, -0.25) is 4.79 Å². The van der Waals surface area contributed by atoms with E-state index in [2.05, 4.69) is 22.2 Å². The standard InChI is InChI=1S/C18H20N4O5/c1-3-4-5-13(18(24)25)19-17(23)16-11(2)22(21-20-16)12-6-7-14-15(10-12)27-9-8-26-14/h3,6-7,10,13H,1,4-5,8-9H2,2H3,(H,19,23)(H,24,25). The van der Waals surface area contributed by atoms with E-state index in [4.69, 9.17) is 9.47 Å². The molecule has 1 atom stereocenters. The van der Waals surface area contributed by atoms with Crippen molar-refractivity contribution in [2.75, 3.05) is 13.2 Å². The number of fused-ring (bicyclic) bond motifs is 1. The summed E-state index contributed by atoms with van der Waals surface area (Å²) in [6.45, 7) is 6.20. The van der Waals surface area contributed by atoms with Crippen LogP contribution in [0.25, 0.3) is 5.69 Å². The van der Waals surface area contributed by atoms with Crippen LogP contribution in [-0.4, -0.2) is 51.2 Å². The SMILES string of the molecule is C=CCCC(NC(=O)c1nnn(-c2ccc3c(c2)OCCO3)c1C)C(=O)O. The second kappa shape index (κ2) is 7.90. The molecule has 9 heteroatoms. The second-order valence-corrected chi connectivity index (χ2v) is 5.99. The Labute approximate surface area is 155 Å². The largest absolute Gasteiger partial charge is 0.486 e. The molecule has 1 unspecified atom stereocenters. The minimum Gasteiger partial charge on any atom is -0.486 e. The Balaban J connectivity index is 1.81. The highest BCUT2D eigenvalue weighted by Gasteiger charge is 2.24. The number of carbonyl (C=O) groups excluding carboxylic acids is 1. The molecule has 2 N–H and O–H groups in total. The van der Waals surface area contributed by atoms with Gasteiger partial charge < -0.3 is 19.9 Å². The molecule has 3 rings (SSSR count). The van der Waals surface area contributed by atoms with Crippen LogP contribution in [0.3, 0.4) is 0 Å². The zero-order valence-electron chi connectivity index (χ0n) is 14.8. The van der Waals surface area contributed by atoms with E-state index in [1.807, 2.05) is 0 Å². The molecule has 0 aliphatic carbocycles. The van der Waals surface area contributed by atoms with E-state index in [-0.39, 0.29) is 12.1 Å². The first kappa shape index (κ1) is 18.4. The average Bonchev–Trinajstić information content (AvgIpc) is 3.05. The smallest absolute Gasteiger partial charge is 0.326 e. The number of nitrogens with zero attached hydrogens (tertiary/aromatic N) is 3. The van der Waals surface area contributed by atoms with Gasteiger partial charge in [-0.15, -0.1) is 11.7 Å². The molecule has 1 aliphatic heterocycles. The van der Waals surface area contributed by atoms with Gasteiger partial charge in [-0.05, 0) is 31.9 Å². The van der Waals surface area contributed by atoms with Crippen molar-refractivity contribution in [1.82, 2.24) is 20.3 Å². The number of hydrogen-bond donors (Lipinski definition) is 2. The van der Waals surface area contributed by atoms with Gasteiger partial charge in [0, 0.05) is 6.07 Å². The molecular weight excluding hydrogens is 352 g/mol. The van der Waals surface area contributed by atoms with Crippen LogP contribution in [0.15, 0.2) is 30.9 Å². The summed E-state index contributed by atoms with van der Waals surface area (Å²) in [6.07, 6.45) is 2.32. The average molecular weight is 372 g/mol. The van der Waals surface area contributed by atoms with Crippen molar-refractivity contribution >= 4 is 11.9 Å². The van der Waals surface area contributed by atoms with Crippen molar-refractivity contribution in [1.29, 1.82) is 0 Å². The number of ether oxygens (including phenoxy) is 2. The predicted octanol–water partition coefficient (Wildman–Crippen LogP) is 1.50. The molecule has 0 bridgehead atoms. The zero-order chi connectivity index (χ0) is 19.4. The number of benzene rings is 1. The summed E-state index contributed by atoms with van der Waals surface area (Å²) >= 11 is 0. The molecule has 1 aromatic carbocycles. The van der Waals surface area contributed by atoms with Crippen molar-refractivity contribution < 1.29 is 24.2 Å². The molecule has 0 fully saturated rings. The van der Waals surface area contributed by atoms with Gasteiger partial charge in [0.1, 0.15) is 19.3 Å². The molecular formula is C18H20N4O5. The first-order valence-electron chi connectivity index (χ1n) is 8.48. The summed E-state index contributed by atoms with van der Waals surface area (Å²) in [4.78, 5) is 23.8. The second-order valence-electron chi connectivity index (χ2n) is 5.99. The minimum absolute atomic E-state index is 0.0646. The maximum Gasteiger partial charge on any atom is 0.326 e. The maximum atomic E-state index is 12.5. The fraction of sp³-hybridized carbons (Fsp3) is 0.333. The fourth-order valence-corrected chi connectivity index (χ4v) is 2.72. The number of amides is 1. The van der Waals surface area contributed by atoms with Crippen LogP contribution in [0.2, 0.25) is 0 Å². The molecule has 2 heterocycles. The number of hydrogen-bond acceptors (Lipinski definition) is 6. The van der Waals surface area contributed by atoms with E-state index in [1.165, 1.54) is 4.68 Å². The van der Waals surface area contributed by atoms with E-state index >= 15 is 0 Å². The van der Waals surface area contributed by atoms with Gasteiger partial charge >= 0.3 is 5.97 Å². The Kier molecular flexibility index (Phi) is 5.39. The van der Waals surface area contributed by atoms with Crippen molar-refractivity contribution in [3.8, 4) is 17.2 Å². The Morgan fingerprint density at radius 1 is 1.37 bits per heavy atom. The number of aliphatic carboxylic acids is 1. The Morgan fingerprint density at radius 3 is 2.81 bits per heavy atom. The summed E-state index contributed by atoms with van der Waals surface area (Å²) < 4.78 is 12.5. The lowest BCUT2D eigenvalue weighted by molar-refractivity contribution is -0.139. The number of carboxylic acids is 1. The summed E-state index contributed by atoms with van der Waals surface area (Å²) in [5.41, 5.74) is 1.21. The first-order valence-corrected chi connectivity index (χ1v) is 8.48. The third-order valence-electron chi connectivity index (χ3n) is 4.14. The van der Waals surface area contributed by atoms with Gasteiger partial charge in [0.15, 0.2) is 17.2 Å². The summed E-state index contributed by atoms with van der Waals surface area (Å²) in [5, 5.41) is 19.6. The number of rotatable bonds is 7. The highest BCUT2D eigenvalue weighted by molar-refractivity contribution is 5.95. The molecule has 0 radical (unpaired) electrons. The molecule has 1 amide bonds. The van der Waals surface area contributed by atoms with E-state index in [9.17, 15) is 14.7 Å². The monoisotopic (exact) mass is 372 g/mol. The van der Waals surface area contributed by atoms with Crippen LogP contribution < -0.4 is 14.8 Å². The van der Waals surface area contributed by atoms with Crippen molar-refractivity contribution in [2.24, 2.45) is 0 Å². The Hall–Kier alpha value is -3.36. The molecule has 142 valence electrons. The number of carboxylic acid groups (broad SMARTS) is 1. The molecule has 27 heavy (non-hydrogen) atoms. The highest BCUT2D eigenvalue weighted by atomic mass is 16.6. The van der Waals surface area contributed by atoms with Gasteiger partial charge in [0.2, 0.25) is 0 Å². The summed E-state index contributed by atoms with van der Waals surface area (Å²) in [6, 6.07) is 4.28. The van der Waals surface area contributed by atoms with Gasteiger partial charge in [-0.1, -0.05) is 11.3 Å². The van der Waals surface area contributed by atoms with Crippen molar-refractivity contribution in [3.05, 3.63) is 42.2 Å². The number of carbonyl (C=O) groups is 2. The van der Waals surface area contributed by atoms with E-state index < -0.39 is 17.9 Å². The first-order chi connectivity index (χ1) is 13.0. The topological polar surface area (TPSA) is 116 Å². The molecule has 0 spiro atoms. The van der Waals surface area contributed by atoms with Crippen LogP contribution in [-0.2, 0) is 4.79 Å². The number of aromatic nitrogens is 3. The van der Waals surface area contributed by atoms with Crippen LogP contribution in [0.5, 0.6) is 11.5 Å². The van der Waals surface area contributed by atoms with E-state index in [0.29, 0.717) is 42.5 Å². The molecule has 1 aromatic heterocycles. The molecule has 0 saturated heterocycles. The predicted molar refractivity (Wildman–Crippen MR) is 95.4 cm³/mol. The Morgan fingerprint density at radius 2 is 2.11 bits per heavy atom. The van der Waals surface area contributed by atoms with Crippen LogP contribution >= 0.6 is 0 Å². The quantitative estimate of drug-likeness (QED) is 0.708. The number of nitrogens with one attached hydrogen (secondary N) is 1. The van der Waals surface area contributed by atoms with Gasteiger partial charge in [-0.2, -0.15) is 0 Å². The van der Waals surface area contributed by atoms with Gasteiger partial charge in [0.25, 0.3) is 5.91 Å². The third kappa shape index (κ3) is 3.91. The highest BCUT2D eigenvalue weighted by Crippen LogP contribution is 2.32. The lowest BCUT2D eigenvalue weighted by atomic mass is 10.1. The molecule has 9 nitrogen and oxygen atoms in total. The molecule has 0 saturated carbocycles. The van der Waals surface area contributed by atoms with Crippen LogP contribution in [0.1, 0.15) is 29.0 Å². The lowest BCUT2D eigenvalue weighted by Crippen LogP contribution is -2.41. The normalized spacial score (nSPS) is 13.7.